The number of carbonyl (C=O) groups excluding carboxylic acids is 1. The van der Waals surface area contributed by atoms with E-state index in [4.69, 9.17) is 0 Å². The van der Waals surface area contributed by atoms with Crippen LogP contribution in [0.2, 0.25) is 0 Å². The molecule has 1 aromatic carbocycles. The summed E-state index contributed by atoms with van der Waals surface area (Å²) < 4.78 is 1.81. The van der Waals surface area contributed by atoms with Crippen LogP contribution in [-0.4, -0.2) is 31.9 Å². The molecule has 1 atom stereocenters. The van der Waals surface area contributed by atoms with E-state index in [9.17, 15) is 4.79 Å². The van der Waals surface area contributed by atoms with Gasteiger partial charge in [-0.1, -0.05) is 18.2 Å². The highest BCUT2D eigenvalue weighted by Crippen LogP contribution is 2.34. The van der Waals surface area contributed by atoms with Crippen molar-refractivity contribution in [1.82, 2.24) is 19.4 Å². The molecule has 0 aliphatic carbocycles. The summed E-state index contributed by atoms with van der Waals surface area (Å²) in [6.45, 7) is 5.03. The minimum Gasteiger partial charge on any atom is -0.332 e. The van der Waals surface area contributed by atoms with Crippen LogP contribution in [0.15, 0.2) is 55.2 Å². The molecule has 0 N–H and O–H groups in total. The second-order valence-electron chi connectivity index (χ2n) is 6.87. The molecule has 0 saturated carbocycles. The normalized spacial score (nSPS) is 16.8. The number of imidazole rings is 1. The minimum absolute atomic E-state index is 0.0643. The number of pyridine rings is 1. The van der Waals surface area contributed by atoms with Crippen LogP contribution in [0.4, 0.5) is 0 Å². The molecule has 3 aromatic rings. The lowest BCUT2D eigenvalue weighted by molar-refractivity contribution is 0.0735. The van der Waals surface area contributed by atoms with Crippen molar-refractivity contribution in [2.45, 2.75) is 32.7 Å². The van der Waals surface area contributed by atoms with Crippen LogP contribution in [0.5, 0.6) is 0 Å². The highest BCUT2D eigenvalue weighted by atomic mass is 16.2. The van der Waals surface area contributed by atoms with E-state index in [-0.39, 0.29) is 11.9 Å². The number of aromatic nitrogens is 3. The molecule has 26 heavy (non-hydrogen) atoms. The van der Waals surface area contributed by atoms with Crippen LogP contribution in [-0.2, 0) is 0 Å². The topological polar surface area (TPSA) is 51.0 Å². The van der Waals surface area contributed by atoms with E-state index < -0.39 is 0 Å². The number of benzene rings is 1. The average molecular weight is 346 g/mol. The Morgan fingerprint density at radius 2 is 2.00 bits per heavy atom. The predicted octanol–water partition coefficient (Wildman–Crippen LogP) is 3.86. The molecular weight excluding hydrogens is 324 g/mol. The van der Waals surface area contributed by atoms with Gasteiger partial charge < -0.3 is 4.90 Å². The number of carbonyl (C=O) groups is 1. The molecule has 0 bridgehead atoms. The lowest BCUT2D eigenvalue weighted by atomic mass is 9.99. The fourth-order valence-corrected chi connectivity index (χ4v) is 3.58. The second-order valence-corrected chi connectivity index (χ2v) is 6.87. The van der Waals surface area contributed by atoms with Crippen molar-refractivity contribution in [2.24, 2.45) is 0 Å². The Morgan fingerprint density at radius 3 is 2.77 bits per heavy atom. The molecule has 1 amide bonds. The average Bonchev–Trinajstić information content (AvgIpc) is 3.35. The number of hydrogen-bond donors (Lipinski definition) is 0. The third kappa shape index (κ3) is 3.01. The Labute approximate surface area is 153 Å². The van der Waals surface area contributed by atoms with E-state index in [0.717, 1.165) is 19.4 Å². The van der Waals surface area contributed by atoms with E-state index in [1.54, 1.807) is 24.8 Å². The summed E-state index contributed by atoms with van der Waals surface area (Å²) in [5.74, 6) is 0.768. The van der Waals surface area contributed by atoms with Crippen molar-refractivity contribution < 1.29 is 4.79 Å². The van der Waals surface area contributed by atoms with E-state index >= 15 is 0 Å². The highest BCUT2D eigenvalue weighted by Gasteiger charge is 2.30. The Morgan fingerprint density at radius 1 is 1.12 bits per heavy atom. The van der Waals surface area contributed by atoms with Crippen LogP contribution in [0.1, 0.15) is 45.9 Å². The third-order valence-corrected chi connectivity index (χ3v) is 5.19. The molecule has 0 unspecified atom stereocenters. The van der Waals surface area contributed by atoms with Gasteiger partial charge in [-0.25, -0.2) is 9.97 Å². The van der Waals surface area contributed by atoms with Gasteiger partial charge in [0.25, 0.3) is 5.91 Å². The Balaban J connectivity index is 1.63. The van der Waals surface area contributed by atoms with Crippen LogP contribution < -0.4 is 0 Å². The summed E-state index contributed by atoms with van der Waals surface area (Å²) in [5, 5.41) is 0. The molecule has 4 rings (SSSR count). The molecule has 1 fully saturated rings. The van der Waals surface area contributed by atoms with Crippen LogP contribution in [0, 0.1) is 13.8 Å². The molecular formula is C21H22N4O. The predicted molar refractivity (Wildman–Crippen MR) is 100 cm³/mol. The van der Waals surface area contributed by atoms with Gasteiger partial charge in [0.1, 0.15) is 12.1 Å². The maximum Gasteiger partial charge on any atom is 0.254 e. The maximum atomic E-state index is 13.2. The number of nitrogens with zero attached hydrogens (tertiary/aromatic N) is 4. The van der Waals surface area contributed by atoms with Gasteiger partial charge in [0.2, 0.25) is 0 Å². The summed E-state index contributed by atoms with van der Waals surface area (Å²) in [5.41, 5.74) is 4.44. The minimum atomic E-state index is 0.0643. The zero-order valence-electron chi connectivity index (χ0n) is 15.1. The summed E-state index contributed by atoms with van der Waals surface area (Å²) in [6.07, 6.45) is 8.93. The van der Waals surface area contributed by atoms with Gasteiger partial charge in [-0.3, -0.25) is 9.36 Å². The maximum absolute atomic E-state index is 13.2. The van der Waals surface area contributed by atoms with E-state index in [1.807, 2.05) is 21.7 Å². The van der Waals surface area contributed by atoms with Crippen LogP contribution >= 0.6 is 0 Å². The molecule has 5 heteroatoms. The van der Waals surface area contributed by atoms with Crippen molar-refractivity contribution >= 4 is 5.91 Å². The van der Waals surface area contributed by atoms with Crippen molar-refractivity contribution in [1.29, 1.82) is 0 Å². The third-order valence-electron chi connectivity index (χ3n) is 5.19. The lowest BCUT2D eigenvalue weighted by Gasteiger charge is -2.26. The zero-order chi connectivity index (χ0) is 18.1. The number of amides is 1. The Hall–Kier alpha value is -2.95. The number of aryl methyl sites for hydroxylation is 2. The smallest absolute Gasteiger partial charge is 0.254 e. The van der Waals surface area contributed by atoms with Crippen LogP contribution in [0.3, 0.4) is 0 Å². The number of hydrogen-bond acceptors (Lipinski definition) is 3. The van der Waals surface area contributed by atoms with Crippen molar-refractivity contribution in [3.63, 3.8) is 0 Å². The Bertz CT molecular complexity index is 933. The van der Waals surface area contributed by atoms with Gasteiger partial charge in [-0.2, -0.15) is 0 Å². The molecule has 132 valence electrons. The molecule has 0 radical (unpaired) electrons. The quantitative estimate of drug-likeness (QED) is 0.723. The van der Waals surface area contributed by atoms with Crippen LogP contribution in [0.25, 0.3) is 5.82 Å². The molecule has 1 saturated heterocycles. The Kier molecular flexibility index (Phi) is 4.29. The summed E-state index contributed by atoms with van der Waals surface area (Å²) in [4.78, 5) is 23.6. The monoisotopic (exact) mass is 346 g/mol. The number of rotatable bonds is 3. The SMILES string of the molecule is Cc1ccc([C@@H]2CCCN2C(=O)c2ccnc(-n3ccnc3)c2)cc1C. The fourth-order valence-electron chi connectivity index (χ4n) is 3.58. The van der Waals surface area contributed by atoms with Gasteiger partial charge in [-0.15, -0.1) is 0 Å². The molecule has 0 spiro atoms. The fraction of sp³-hybridized carbons (Fsp3) is 0.286. The van der Waals surface area contributed by atoms with Gasteiger partial charge in [0.15, 0.2) is 0 Å². The molecule has 2 aromatic heterocycles. The summed E-state index contributed by atoms with van der Waals surface area (Å²) in [7, 11) is 0. The molecule has 1 aliphatic heterocycles. The van der Waals surface area contributed by atoms with E-state index in [1.165, 1.54) is 16.7 Å². The highest BCUT2D eigenvalue weighted by molar-refractivity contribution is 5.95. The summed E-state index contributed by atoms with van der Waals surface area (Å²) >= 11 is 0. The first kappa shape index (κ1) is 16.5. The molecule has 1 aliphatic rings. The summed E-state index contributed by atoms with van der Waals surface area (Å²) in [6, 6.07) is 10.3. The first-order chi connectivity index (χ1) is 12.6. The first-order valence-electron chi connectivity index (χ1n) is 8.96. The van der Waals surface area contributed by atoms with Gasteiger partial charge in [-0.05, 0) is 55.5 Å². The lowest BCUT2D eigenvalue weighted by Crippen LogP contribution is -2.30. The van der Waals surface area contributed by atoms with E-state index in [2.05, 4.69) is 42.0 Å². The largest absolute Gasteiger partial charge is 0.332 e. The molecule has 3 heterocycles. The number of likely N-dealkylation sites (tertiary alicyclic amines) is 1. The van der Waals surface area contributed by atoms with Gasteiger partial charge >= 0.3 is 0 Å². The standard InChI is InChI=1S/C21H22N4O/c1-15-5-6-17(12-16(15)2)19-4-3-10-25(19)21(26)18-7-8-23-20(13-18)24-11-9-22-14-24/h5-9,11-14,19H,3-4,10H2,1-2H3/t19-/m0/s1. The zero-order valence-corrected chi connectivity index (χ0v) is 15.1. The van der Waals surface area contributed by atoms with Crippen molar-refractivity contribution in [3.8, 4) is 5.82 Å². The molecule has 5 nitrogen and oxygen atoms in total. The van der Waals surface area contributed by atoms with Gasteiger partial charge in [0.05, 0.1) is 6.04 Å². The second kappa shape index (κ2) is 6.75. The van der Waals surface area contributed by atoms with E-state index in [0.29, 0.717) is 11.4 Å². The van der Waals surface area contributed by atoms with Crippen molar-refractivity contribution in [2.75, 3.05) is 6.54 Å². The van der Waals surface area contributed by atoms with Crippen molar-refractivity contribution in [3.05, 3.63) is 77.5 Å². The van der Waals surface area contributed by atoms with Gasteiger partial charge in [0, 0.05) is 30.7 Å². The first-order valence-corrected chi connectivity index (χ1v) is 8.96.